The fourth-order valence-electron chi connectivity index (χ4n) is 1.29. The molecule has 82 valence electrons. The van der Waals surface area contributed by atoms with E-state index in [0.29, 0.717) is 11.6 Å². The van der Waals surface area contributed by atoms with Crippen molar-refractivity contribution in [3.63, 3.8) is 0 Å². The Balaban J connectivity index is 2.81. The van der Waals surface area contributed by atoms with Crippen molar-refractivity contribution in [2.24, 2.45) is 5.73 Å². The Morgan fingerprint density at radius 1 is 1.53 bits per heavy atom. The van der Waals surface area contributed by atoms with E-state index < -0.39 is 0 Å². The quantitative estimate of drug-likeness (QED) is 0.835. The Kier molecular flexibility index (Phi) is 4.66. The molecular formula is C12H16ClNO. The molecular weight excluding hydrogens is 210 g/mol. The van der Waals surface area contributed by atoms with Crippen LogP contribution in [0.4, 0.5) is 0 Å². The Morgan fingerprint density at radius 2 is 2.20 bits per heavy atom. The summed E-state index contributed by atoms with van der Waals surface area (Å²) in [5.74, 6) is 0.786. The lowest BCUT2D eigenvalue weighted by molar-refractivity contribution is 0.352. The molecule has 15 heavy (non-hydrogen) atoms. The van der Waals surface area contributed by atoms with Crippen LogP contribution in [0.15, 0.2) is 35.9 Å². The number of rotatable bonds is 5. The van der Waals surface area contributed by atoms with Crippen LogP contribution in [0.1, 0.15) is 24.9 Å². The summed E-state index contributed by atoms with van der Waals surface area (Å²) in [6.45, 7) is 5.93. The minimum Gasteiger partial charge on any atom is -0.488 e. The zero-order valence-electron chi connectivity index (χ0n) is 8.87. The van der Waals surface area contributed by atoms with Crippen molar-refractivity contribution in [3.8, 4) is 5.75 Å². The maximum Gasteiger partial charge on any atom is 0.124 e. The van der Waals surface area contributed by atoms with Gasteiger partial charge in [-0.05, 0) is 12.5 Å². The molecule has 0 heterocycles. The van der Waals surface area contributed by atoms with Crippen molar-refractivity contribution < 1.29 is 4.74 Å². The lowest BCUT2D eigenvalue weighted by Gasteiger charge is -2.15. The van der Waals surface area contributed by atoms with Crippen molar-refractivity contribution in [1.29, 1.82) is 0 Å². The molecule has 0 spiro atoms. The minimum absolute atomic E-state index is 0.00444. The second kappa shape index (κ2) is 5.79. The van der Waals surface area contributed by atoms with Crippen molar-refractivity contribution >= 4 is 11.6 Å². The van der Waals surface area contributed by atoms with E-state index in [0.717, 1.165) is 17.7 Å². The maximum absolute atomic E-state index is 5.97. The number of nitrogens with two attached hydrogens (primary N) is 1. The molecule has 0 aliphatic rings. The van der Waals surface area contributed by atoms with Gasteiger partial charge in [0.1, 0.15) is 12.4 Å². The third kappa shape index (κ3) is 3.57. The zero-order chi connectivity index (χ0) is 11.3. The third-order valence-electron chi connectivity index (χ3n) is 2.14. The summed E-state index contributed by atoms with van der Waals surface area (Å²) < 4.78 is 5.51. The molecule has 1 rings (SSSR count). The smallest absolute Gasteiger partial charge is 0.124 e. The van der Waals surface area contributed by atoms with E-state index in [9.17, 15) is 0 Å². The van der Waals surface area contributed by atoms with Gasteiger partial charge in [0.15, 0.2) is 0 Å². The molecule has 1 aromatic carbocycles. The van der Waals surface area contributed by atoms with E-state index in [2.05, 4.69) is 6.58 Å². The van der Waals surface area contributed by atoms with Gasteiger partial charge in [-0.3, -0.25) is 0 Å². The molecule has 1 atom stereocenters. The van der Waals surface area contributed by atoms with Gasteiger partial charge in [-0.15, -0.1) is 0 Å². The second-order valence-electron chi connectivity index (χ2n) is 3.36. The third-order valence-corrected chi connectivity index (χ3v) is 2.25. The summed E-state index contributed by atoms with van der Waals surface area (Å²) in [6, 6.07) is 7.74. The van der Waals surface area contributed by atoms with E-state index >= 15 is 0 Å². The molecule has 0 amide bonds. The highest BCUT2D eigenvalue weighted by Gasteiger charge is 2.09. The van der Waals surface area contributed by atoms with Crippen molar-refractivity contribution in [3.05, 3.63) is 41.4 Å². The largest absolute Gasteiger partial charge is 0.488 e. The molecule has 0 aromatic heterocycles. The summed E-state index contributed by atoms with van der Waals surface area (Å²) in [5.41, 5.74) is 6.98. The molecule has 2 nitrogen and oxygen atoms in total. The predicted molar refractivity (Wildman–Crippen MR) is 64.1 cm³/mol. The van der Waals surface area contributed by atoms with Crippen LogP contribution >= 0.6 is 11.6 Å². The molecule has 0 saturated carbocycles. The predicted octanol–water partition coefficient (Wildman–Crippen LogP) is 3.23. The van der Waals surface area contributed by atoms with E-state index in [1.807, 2.05) is 31.2 Å². The van der Waals surface area contributed by atoms with Crippen LogP contribution in [0.3, 0.4) is 0 Å². The summed E-state index contributed by atoms with van der Waals surface area (Å²) in [4.78, 5) is 0. The highest BCUT2D eigenvalue weighted by molar-refractivity contribution is 6.29. The molecule has 0 fully saturated rings. The average Bonchev–Trinajstić information content (AvgIpc) is 2.25. The topological polar surface area (TPSA) is 35.2 Å². The Morgan fingerprint density at radius 3 is 2.80 bits per heavy atom. The van der Waals surface area contributed by atoms with Crippen molar-refractivity contribution in [1.82, 2.24) is 0 Å². The molecule has 2 N–H and O–H groups in total. The van der Waals surface area contributed by atoms with E-state index in [1.54, 1.807) is 0 Å². The minimum atomic E-state index is 0.00444. The lowest BCUT2D eigenvalue weighted by atomic mass is 10.0. The number of ether oxygens (including phenoxy) is 1. The highest BCUT2D eigenvalue weighted by Crippen LogP contribution is 2.25. The van der Waals surface area contributed by atoms with Crippen LogP contribution in [0.2, 0.25) is 0 Å². The summed E-state index contributed by atoms with van der Waals surface area (Å²) in [5, 5.41) is 0.481. The molecule has 3 heteroatoms. The normalized spacial score (nSPS) is 12.2. The lowest BCUT2D eigenvalue weighted by Crippen LogP contribution is -2.11. The van der Waals surface area contributed by atoms with Gasteiger partial charge in [-0.1, -0.05) is 43.3 Å². The first-order valence-electron chi connectivity index (χ1n) is 4.95. The van der Waals surface area contributed by atoms with Gasteiger partial charge in [-0.25, -0.2) is 0 Å². The highest BCUT2D eigenvalue weighted by atomic mass is 35.5. The van der Waals surface area contributed by atoms with Crippen LogP contribution in [0.5, 0.6) is 5.75 Å². The summed E-state index contributed by atoms with van der Waals surface area (Å²) in [7, 11) is 0. The molecule has 0 radical (unpaired) electrons. The van der Waals surface area contributed by atoms with Crippen molar-refractivity contribution in [2.45, 2.75) is 19.4 Å². The fraction of sp³-hybridized carbons (Fsp3) is 0.333. The molecule has 0 bridgehead atoms. The molecule has 0 aliphatic carbocycles. The van der Waals surface area contributed by atoms with Crippen LogP contribution < -0.4 is 10.5 Å². The number of para-hydroxylation sites is 1. The van der Waals surface area contributed by atoms with Gasteiger partial charge in [0.2, 0.25) is 0 Å². The fourth-order valence-corrected chi connectivity index (χ4v) is 1.35. The van der Waals surface area contributed by atoms with Crippen molar-refractivity contribution in [2.75, 3.05) is 6.61 Å². The first-order valence-corrected chi connectivity index (χ1v) is 5.33. The van der Waals surface area contributed by atoms with Gasteiger partial charge in [0.05, 0.1) is 0 Å². The summed E-state index contributed by atoms with van der Waals surface area (Å²) in [6.07, 6.45) is 0.877. The van der Waals surface area contributed by atoms with Gasteiger partial charge in [-0.2, -0.15) is 0 Å². The summed E-state index contributed by atoms with van der Waals surface area (Å²) >= 11 is 5.64. The number of benzene rings is 1. The zero-order valence-corrected chi connectivity index (χ0v) is 9.63. The van der Waals surface area contributed by atoms with E-state index in [1.165, 1.54) is 0 Å². The SMILES string of the molecule is C=C(Cl)COc1ccccc1C(N)CC. The second-order valence-corrected chi connectivity index (χ2v) is 3.89. The van der Waals surface area contributed by atoms with E-state index in [4.69, 9.17) is 22.1 Å². The van der Waals surface area contributed by atoms with Crippen LogP contribution in [-0.2, 0) is 0 Å². The number of halogens is 1. The molecule has 1 aromatic rings. The van der Waals surface area contributed by atoms with Crippen LogP contribution in [0.25, 0.3) is 0 Å². The average molecular weight is 226 g/mol. The molecule has 0 saturated heterocycles. The van der Waals surface area contributed by atoms with Gasteiger partial charge < -0.3 is 10.5 Å². The van der Waals surface area contributed by atoms with Crippen LogP contribution in [0, 0.1) is 0 Å². The van der Waals surface area contributed by atoms with Gasteiger partial charge >= 0.3 is 0 Å². The maximum atomic E-state index is 5.97. The Hall–Kier alpha value is -0.990. The Labute approximate surface area is 95.7 Å². The first kappa shape index (κ1) is 12.1. The van der Waals surface area contributed by atoms with E-state index in [-0.39, 0.29) is 6.04 Å². The Bertz CT molecular complexity index is 338. The van der Waals surface area contributed by atoms with Gasteiger partial charge in [0.25, 0.3) is 0 Å². The van der Waals surface area contributed by atoms with Crippen LogP contribution in [-0.4, -0.2) is 6.61 Å². The molecule has 0 aliphatic heterocycles. The monoisotopic (exact) mass is 225 g/mol. The standard InChI is InChI=1S/C12H16ClNO/c1-3-11(14)10-6-4-5-7-12(10)15-8-9(2)13/h4-7,11H,2-3,8,14H2,1H3. The number of hydrogen-bond acceptors (Lipinski definition) is 2. The number of hydrogen-bond donors (Lipinski definition) is 1. The van der Waals surface area contributed by atoms with Gasteiger partial charge in [0, 0.05) is 16.6 Å². The first-order chi connectivity index (χ1) is 7.15. The molecule has 1 unspecified atom stereocenters.